The Balaban J connectivity index is 0.000000259. The molecule has 11 heteroatoms. The summed E-state index contributed by atoms with van der Waals surface area (Å²) in [5.74, 6) is -11.5. The molecule has 0 heterocycles. The van der Waals surface area contributed by atoms with Gasteiger partial charge < -0.3 is 0 Å². The van der Waals surface area contributed by atoms with Gasteiger partial charge in [-0.15, -0.1) is 0 Å². The number of hydrogen-bond acceptors (Lipinski definition) is 2. The largest absolute Gasteiger partial charge is 0.437 e. The first-order valence-electron chi connectivity index (χ1n) is 9.67. The third-order valence-corrected chi connectivity index (χ3v) is 7.91. The quantitative estimate of drug-likeness (QED) is 0.264. The maximum atomic E-state index is 12.2. The monoisotopic (exact) mass is 522 g/mol. The number of benzene rings is 3. The highest BCUT2D eigenvalue weighted by atomic mass is 32.2. The normalized spacial score (nSPS) is 12.8. The Hall–Kier alpha value is -2.42. The van der Waals surface area contributed by atoms with Crippen LogP contribution in [0.2, 0.25) is 0 Å². The van der Waals surface area contributed by atoms with Gasteiger partial charge in [-0.25, -0.2) is 0 Å². The third-order valence-electron chi connectivity index (χ3n) is 4.56. The van der Waals surface area contributed by atoms with Crippen LogP contribution in [-0.4, -0.2) is 30.1 Å². The topological polar surface area (TPSA) is 54.4 Å². The van der Waals surface area contributed by atoms with Crippen molar-refractivity contribution < 1.29 is 39.3 Å². The molecule has 0 bridgehead atoms. The summed E-state index contributed by atoms with van der Waals surface area (Å²) in [6.07, 6.45) is 0. The lowest BCUT2D eigenvalue weighted by molar-refractivity contribution is -0.273. The van der Waals surface area contributed by atoms with Crippen molar-refractivity contribution >= 4 is 34.0 Å². The molecule has 1 N–H and O–H groups in total. The van der Waals surface area contributed by atoms with E-state index in [1.807, 2.05) is 0 Å². The predicted octanol–water partition coefficient (Wildman–Crippen LogP) is 5.51. The van der Waals surface area contributed by atoms with E-state index in [1.165, 1.54) is 21.5 Å². The van der Waals surface area contributed by atoms with E-state index in [-0.39, 0.29) is 0 Å². The molecule has 0 radical (unpaired) electrons. The smallest absolute Gasteiger partial charge is 0.281 e. The van der Waals surface area contributed by atoms with Gasteiger partial charge in [0.25, 0.3) is 0 Å². The summed E-state index contributed by atoms with van der Waals surface area (Å²) in [6.45, 7) is 1.54. The molecule has 3 aromatic rings. The summed E-state index contributed by atoms with van der Waals surface area (Å²) in [6, 6.07) is 30.5. The van der Waals surface area contributed by atoms with Crippen LogP contribution in [0.1, 0.15) is 12.5 Å². The number of rotatable bonds is 6. The zero-order chi connectivity index (χ0) is 25.8. The van der Waals surface area contributed by atoms with Gasteiger partial charge in [0.1, 0.15) is 0 Å². The van der Waals surface area contributed by atoms with Crippen molar-refractivity contribution in [2.75, 3.05) is 0 Å². The average molecular weight is 522 g/mol. The molecule has 0 unspecified atom stereocenters. The van der Waals surface area contributed by atoms with Crippen molar-refractivity contribution in [2.24, 2.45) is 0 Å². The van der Waals surface area contributed by atoms with Crippen LogP contribution < -0.4 is 15.9 Å². The van der Waals surface area contributed by atoms with E-state index in [9.17, 15) is 34.8 Å². The first-order valence-corrected chi connectivity index (χ1v) is 12.4. The predicted molar refractivity (Wildman–Crippen MR) is 122 cm³/mol. The molecule has 34 heavy (non-hydrogen) atoms. The molecule has 0 spiro atoms. The zero-order valence-corrected chi connectivity index (χ0v) is 19.7. The van der Waals surface area contributed by atoms with Crippen LogP contribution in [0, 0.1) is 6.92 Å². The molecule has 0 aliphatic rings. The summed E-state index contributed by atoms with van der Waals surface area (Å²) in [7, 11) is -7.06. The molecule has 3 rings (SSSR count). The van der Waals surface area contributed by atoms with E-state index < -0.39 is 42.1 Å². The molecular formula is C23H21F6O3PS. The van der Waals surface area contributed by atoms with Gasteiger partial charge in [0.05, 0.1) is 0 Å². The molecule has 0 aliphatic heterocycles. The highest BCUT2D eigenvalue weighted by Gasteiger charge is 2.75. The van der Waals surface area contributed by atoms with Crippen molar-refractivity contribution in [3.8, 4) is 0 Å². The fourth-order valence-electron chi connectivity index (χ4n) is 2.71. The first-order chi connectivity index (χ1) is 15.6. The maximum Gasteiger partial charge on any atom is 0.437 e. The minimum Gasteiger partial charge on any atom is -0.281 e. The highest BCUT2D eigenvalue weighted by molar-refractivity contribution is 7.87. The fraction of sp³-hybridized carbons (Fsp3) is 0.217. The Bertz CT molecular complexity index is 1130. The molecule has 0 atom stereocenters. The first kappa shape index (κ1) is 27.8. The molecule has 0 amide bonds. The maximum absolute atomic E-state index is 12.2. The van der Waals surface area contributed by atoms with Crippen LogP contribution in [0.3, 0.4) is 0 Å². The molecule has 3 aromatic carbocycles. The van der Waals surface area contributed by atoms with Gasteiger partial charge in [-0.05, 0) is 30.8 Å². The van der Waals surface area contributed by atoms with Gasteiger partial charge in [-0.3, -0.25) is 4.55 Å². The van der Waals surface area contributed by atoms with Crippen molar-refractivity contribution in [1.82, 2.24) is 0 Å². The highest BCUT2D eigenvalue weighted by Crippen LogP contribution is 2.47. The lowest BCUT2D eigenvalue weighted by atomic mass is 10.2. The van der Waals surface area contributed by atoms with Crippen LogP contribution in [0.25, 0.3) is 0 Å². The molecule has 0 saturated heterocycles. The van der Waals surface area contributed by atoms with Gasteiger partial charge in [0, 0.05) is 6.92 Å². The van der Waals surface area contributed by atoms with Crippen molar-refractivity contribution in [3.05, 3.63) is 90.5 Å². The van der Waals surface area contributed by atoms with Gasteiger partial charge in [-0.2, -0.15) is 34.8 Å². The van der Waals surface area contributed by atoms with Gasteiger partial charge >= 0.3 is 27.2 Å². The van der Waals surface area contributed by atoms with Gasteiger partial charge in [0.15, 0.2) is 0 Å². The van der Waals surface area contributed by atoms with E-state index in [2.05, 4.69) is 91.9 Å². The average Bonchev–Trinajstić information content (AvgIpc) is 2.76. The second-order valence-electron chi connectivity index (χ2n) is 7.30. The summed E-state index contributed by atoms with van der Waals surface area (Å²) in [5, 5.41) is -2.03. The minimum atomic E-state index is -6.61. The number of alkyl halides is 6. The lowest BCUT2D eigenvalue weighted by Crippen LogP contribution is -2.56. The van der Waals surface area contributed by atoms with Crippen LogP contribution in [0.15, 0.2) is 84.9 Å². The van der Waals surface area contributed by atoms with Gasteiger partial charge in [0.2, 0.25) is 0 Å². The Kier molecular flexibility index (Phi) is 8.56. The second-order valence-corrected chi connectivity index (χ2v) is 11.0. The molecule has 184 valence electrons. The number of aryl methyl sites for hydroxylation is 1. The molecule has 3 nitrogen and oxygen atoms in total. The Morgan fingerprint density at radius 2 is 1.03 bits per heavy atom. The standard InChI is InChI=1S/C19H17P.C4H4F6O3S/c1-16-12-14-19(15-13-16)20(17-8-4-2-5-9-17)18-10-6-3-7-11-18;1-2(5,6)3(7,8)4(9,10)14(11,12)13/h2-15H,1H3;1H3,(H,11,12,13). The van der Waals surface area contributed by atoms with E-state index in [4.69, 9.17) is 4.55 Å². The SMILES string of the molecule is CC(F)(F)C(F)(F)C(F)(F)S(=O)(=O)O.Cc1ccc(P(c2ccccc2)c2ccccc2)cc1. The van der Waals surface area contributed by atoms with Crippen molar-refractivity contribution in [2.45, 2.75) is 30.9 Å². The van der Waals surface area contributed by atoms with Gasteiger partial charge in [-0.1, -0.05) is 90.5 Å². The Morgan fingerprint density at radius 1 is 0.676 bits per heavy atom. The molecule has 0 saturated carbocycles. The van der Waals surface area contributed by atoms with Crippen LogP contribution in [0.5, 0.6) is 0 Å². The lowest BCUT2D eigenvalue weighted by Gasteiger charge is -2.28. The molecule has 0 aromatic heterocycles. The van der Waals surface area contributed by atoms with Crippen molar-refractivity contribution in [3.63, 3.8) is 0 Å². The number of halogens is 6. The second kappa shape index (κ2) is 10.5. The van der Waals surface area contributed by atoms with Crippen molar-refractivity contribution in [1.29, 1.82) is 0 Å². The summed E-state index contributed by atoms with van der Waals surface area (Å²) < 4.78 is 99.6. The Labute approximate surface area is 194 Å². The minimum absolute atomic E-state index is 0.458. The Morgan fingerprint density at radius 3 is 1.32 bits per heavy atom. The van der Waals surface area contributed by atoms with Crippen LogP contribution in [0.4, 0.5) is 26.3 Å². The van der Waals surface area contributed by atoms with E-state index in [0.717, 1.165) is 0 Å². The van der Waals surface area contributed by atoms with Crippen LogP contribution in [-0.2, 0) is 10.1 Å². The fourth-order valence-corrected chi connectivity index (χ4v) is 5.50. The van der Waals surface area contributed by atoms with Crippen LogP contribution >= 0.6 is 7.92 Å². The van der Waals surface area contributed by atoms with E-state index in [0.29, 0.717) is 0 Å². The molecule has 0 aliphatic carbocycles. The van der Waals surface area contributed by atoms with E-state index >= 15 is 0 Å². The summed E-state index contributed by atoms with van der Waals surface area (Å²) >= 11 is 0. The van der Waals surface area contributed by atoms with E-state index in [1.54, 1.807) is 0 Å². The molecule has 0 fully saturated rings. The summed E-state index contributed by atoms with van der Waals surface area (Å²) in [5.41, 5.74) is 1.31. The summed E-state index contributed by atoms with van der Waals surface area (Å²) in [4.78, 5) is 0. The number of hydrogen-bond donors (Lipinski definition) is 1. The zero-order valence-electron chi connectivity index (χ0n) is 18.0. The molecular weight excluding hydrogens is 501 g/mol. The third kappa shape index (κ3) is 6.17.